The average Bonchev–Trinajstić information content (AvgIpc) is 2.92. The number of carbonyl (C=O) groups is 2. The number of hydrogen-bond donors (Lipinski definition) is 3. The van der Waals surface area contributed by atoms with E-state index in [0.717, 1.165) is 16.3 Å². The van der Waals surface area contributed by atoms with E-state index in [1.807, 2.05) is 38.1 Å². The molecule has 0 bridgehead atoms. The van der Waals surface area contributed by atoms with E-state index in [1.165, 1.54) is 28.6 Å². The molecular weight excluding hydrogens is 530 g/mol. The van der Waals surface area contributed by atoms with E-state index in [2.05, 4.69) is 23.5 Å². The second kappa shape index (κ2) is 14.8. The molecule has 1 atom stereocenters. The van der Waals surface area contributed by atoms with Gasteiger partial charge in [-0.2, -0.15) is 4.31 Å². The van der Waals surface area contributed by atoms with Crippen LogP contribution in [-0.4, -0.2) is 55.6 Å². The number of unbranched alkanes of at least 4 members (excludes halogenated alkanes) is 1. The molecule has 10 heteroatoms. The van der Waals surface area contributed by atoms with Crippen molar-refractivity contribution < 1.29 is 27.9 Å². The zero-order valence-corrected chi connectivity index (χ0v) is 23.9. The largest absolute Gasteiger partial charge is 0.411 e. The first-order valence-corrected chi connectivity index (χ1v) is 15.0. The molecule has 3 aromatic carbocycles. The standard InChI is InChI=1S/C30H39N3O6S/c1-22(2)20-33(40(37,38)27-16-14-26(15-17-27)39-30(31)36)25(21-34)11-5-6-19-32-29(35)18-13-24-10-7-9-23-8-3-4-12-28(23)24/h3-4,7-10,12,14-17,22,25,34H,5-6,11,13,18-21H2,1-2H3,(H2,31,36)(H,32,35). The minimum Gasteiger partial charge on any atom is -0.411 e. The maximum absolute atomic E-state index is 13.5. The molecule has 0 saturated heterocycles. The Morgan fingerprint density at radius 1 is 1.00 bits per heavy atom. The van der Waals surface area contributed by atoms with Crippen LogP contribution in [0.15, 0.2) is 71.6 Å². The summed E-state index contributed by atoms with van der Waals surface area (Å²) in [5, 5.41) is 15.4. The highest BCUT2D eigenvalue weighted by Gasteiger charge is 2.31. The number of amides is 2. The number of nitrogens with one attached hydrogen (secondary N) is 1. The lowest BCUT2D eigenvalue weighted by Crippen LogP contribution is -2.44. The molecule has 0 aromatic heterocycles. The zero-order valence-electron chi connectivity index (χ0n) is 23.1. The second-order valence-corrected chi connectivity index (χ2v) is 12.1. The summed E-state index contributed by atoms with van der Waals surface area (Å²) in [7, 11) is -3.93. The van der Waals surface area contributed by atoms with Gasteiger partial charge in [-0.1, -0.05) is 62.7 Å². The molecule has 216 valence electrons. The number of rotatable bonds is 15. The van der Waals surface area contributed by atoms with Crippen molar-refractivity contribution in [1.29, 1.82) is 0 Å². The Balaban J connectivity index is 1.52. The molecule has 0 spiro atoms. The Labute approximate surface area is 236 Å². The minimum absolute atomic E-state index is 0.0283. The van der Waals surface area contributed by atoms with Gasteiger partial charge < -0.3 is 20.9 Å². The van der Waals surface area contributed by atoms with Crippen LogP contribution in [0.25, 0.3) is 10.8 Å². The fourth-order valence-corrected chi connectivity index (χ4v) is 6.45. The molecule has 40 heavy (non-hydrogen) atoms. The van der Waals surface area contributed by atoms with Crippen molar-refractivity contribution in [1.82, 2.24) is 9.62 Å². The molecule has 0 heterocycles. The number of nitrogens with zero attached hydrogens (tertiary/aromatic N) is 1. The third kappa shape index (κ3) is 8.77. The van der Waals surface area contributed by atoms with E-state index in [0.29, 0.717) is 38.6 Å². The molecule has 0 aliphatic carbocycles. The van der Waals surface area contributed by atoms with Crippen molar-refractivity contribution in [3.63, 3.8) is 0 Å². The molecular formula is C30H39N3O6S. The maximum atomic E-state index is 13.5. The van der Waals surface area contributed by atoms with Crippen molar-refractivity contribution in [3.05, 3.63) is 72.3 Å². The lowest BCUT2D eigenvalue weighted by molar-refractivity contribution is -0.121. The van der Waals surface area contributed by atoms with E-state index in [4.69, 9.17) is 10.5 Å². The van der Waals surface area contributed by atoms with Gasteiger partial charge in [-0.05, 0) is 65.8 Å². The Kier molecular flexibility index (Phi) is 11.5. The van der Waals surface area contributed by atoms with Gasteiger partial charge in [-0.15, -0.1) is 0 Å². The van der Waals surface area contributed by atoms with Crippen LogP contribution in [0.5, 0.6) is 5.75 Å². The fraction of sp³-hybridized carbons (Fsp3) is 0.400. The lowest BCUT2D eigenvalue weighted by atomic mass is 10.0. The number of primary amides is 1. The lowest BCUT2D eigenvalue weighted by Gasteiger charge is -2.31. The predicted octanol–water partition coefficient (Wildman–Crippen LogP) is 4.22. The number of nitrogens with two attached hydrogens (primary N) is 1. The number of fused-ring (bicyclic) bond motifs is 1. The summed E-state index contributed by atoms with van der Waals surface area (Å²) in [6.07, 6.45) is 1.78. The number of sulfonamides is 1. The third-order valence-electron chi connectivity index (χ3n) is 6.60. The Bertz CT molecular complexity index is 1370. The fourth-order valence-electron chi connectivity index (χ4n) is 4.64. The summed E-state index contributed by atoms with van der Waals surface area (Å²) < 4.78 is 33.1. The van der Waals surface area contributed by atoms with E-state index in [9.17, 15) is 23.1 Å². The van der Waals surface area contributed by atoms with Crippen LogP contribution in [0.2, 0.25) is 0 Å². The summed E-state index contributed by atoms with van der Waals surface area (Å²) in [6.45, 7) is 4.21. The van der Waals surface area contributed by atoms with Gasteiger partial charge >= 0.3 is 6.09 Å². The summed E-state index contributed by atoms with van der Waals surface area (Å²) in [6, 6.07) is 19.0. The van der Waals surface area contributed by atoms with Gasteiger partial charge in [0.25, 0.3) is 0 Å². The first-order chi connectivity index (χ1) is 19.1. The SMILES string of the molecule is CC(C)CN(C(CO)CCCCNC(=O)CCc1cccc2ccccc12)S(=O)(=O)c1ccc(OC(N)=O)cc1. The number of carbonyl (C=O) groups excluding carboxylic acids is 2. The zero-order chi connectivity index (χ0) is 29.1. The molecule has 0 fully saturated rings. The number of aliphatic hydroxyl groups is 1. The number of hydrogen-bond acceptors (Lipinski definition) is 6. The minimum atomic E-state index is -3.93. The van der Waals surface area contributed by atoms with Gasteiger partial charge in [0, 0.05) is 25.6 Å². The predicted molar refractivity (Wildman–Crippen MR) is 155 cm³/mol. The van der Waals surface area contributed by atoms with E-state index < -0.39 is 22.2 Å². The van der Waals surface area contributed by atoms with Crippen LogP contribution < -0.4 is 15.8 Å². The quantitative estimate of drug-likeness (QED) is 0.234. The molecule has 3 rings (SSSR count). The number of aliphatic hydroxyl groups excluding tert-OH is 1. The first kappa shape index (κ1) is 31.1. The van der Waals surface area contributed by atoms with Gasteiger partial charge in [0.2, 0.25) is 15.9 Å². The van der Waals surface area contributed by atoms with Crippen LogP contribution in [0.4, 0.5) is 4.79 Å². The van der Waals surface area contributed by atoms with Crippen LogP contribution in [-0.2, 0) is 21.2 Å². The molecule has 4 N–H and O–H groups in total. The van der Waals surface area contributed by atoms with Gasteiger partial charge in [-0.25, -0.2) is 13.2 Å². The summed E-state index contributed by atoms with van der Waals surface area (Å²) >= 11 is 0. The molecule has 3 aromatic rings. The molecule has 0 aliphatic rings. The Morgan fingerprint density at radius 3 is 2.38 bits per heavy atom. The highest BCUT2D eigenvalue weighted by atomic mass is 32.2. The average molecular weight is 570 g/mol. The van der Waals surface area contributed by atoms with Gasteiger partial charge in [0.05, 0.1) is 11.5 Å². The van der Waals surface area contributed by atoms with Crippen LogP contribution in [0.3, 0.4) is 0 Å². The molecule has 0 saturated carbocycles. The summed E-state index contributed by atoms with van der Waals surface area (Å²) in [5.41, 5.74) is 6.15. The molecule has 2 amide bonds. The van der Waals surface area contributed by atoms with Gasteiger partial charge in [0.15, 0.2) is 0 Å². The first-order valence-electron chi connectivity index (χ1n) is 13.5. The number of aryl methyl sites for hydroxylation is 1. The molecule has 9 nitrogen and oxygen atoms in total. The smallest absolute Gasteiger partial charge is 0.409 e. The molecule has 0 aliphatic heterocycles. The molecule has 1 unspecified atom stereocenters. The maximum Gasteiger partial charge on any atom is 0.409 e. The number of benzene rings is 3. The number of ether oxygens (including phenoxy) is 1. The third-order valence-corrected chi connectivity index (χ3v) is 8.53. The van der Waals surface area contributed by atoms with Gasteiger partial charge in [-0.3, -0.25) is 4.79 Å². The van der Waals surface area contributed by atoms with Crippen LogP contribution in [0.1, 0.15) is 45.1 Å². The molecule has 0 radical (unpaired) electrons. The van der Waals surface area contributed by atoms with Gasteiger partial charge in [0.1, 0.15) is 5.75 Å². The van der Waals surface area contributed by atoms with E-state index in [1.54, 1.807) is 0 Å². The van der Waals surface area contributed by atoms with Crippen molar-refractivity contribution in [3.8, 4) is 5.75 Å². The summed E-state index contributed by atoms with van der Waals surface area (Å²) in [5.74, 6) is 0.140. The van der Waals surface area contributed by atoms with Crippen molar-refractivity contribution in [2.75, 3.05) is 19.7 Å². The van der Waals surface area contributed by atoms with E-state index in [-0.39, 0.29) is 35.6 Å². The highest BCUT2D eigenvalue weighted by Crippen LogP contribution is 2.24. The van der Waals surface area contributed by atoms with Crippen molar-refractivity contribution in [2.45, 2.75) is 56.9 Å². The summed E-state index contributed by atoms with van der Waals surface area (Å²) in [4.78, 5) is 23.4. The monoisotopic (exact) mass is 569 g/mol. The Hall–Kier alpha value is -3.47. The van der Waals surface area contributed by atoms with Crippen LogP contribution in [0, 0.1) is 5.92 Å². The second-order valence-electron chi connectivity index (χ2n) is 10.2. The van der Waals surface area contributed by atoms with Crippen molar-refractivity contribution in [2.24, 2.45) is 11.7 Å². The normalized spacial score (nSPS) is 12.5. The van der Waals surface area contributed by atoms with Crippen molar-refractivity contribution >= 4 is 32.8 Å². The topological polar surface area (TPSA) is 139 Å². The van der Waals surface area contributed by atoms with E-state index >= 15 is 0 Å². The highest BCUT2D eigenvalue weighted by molar-refractivity contribution is 7.89. The van der Waals surface area contributed by atoms with Crippen LogP contribution >= 0.6 is 0 Å². The Morgan fingerprint density at radius 2 is 1.70 bits per heavy atom.